The van der Waals surface area contributed by atoms with Crippen molar-refractivity contribution in [2.45, 2.75) is 0 Å². The molecule has 0 aliphatic carbocycles. The van der Waals surface area contributed by atoms with Gasteiger partial charge in [0.1, 0.15) is 22.3 Å². The number of para-hydroxylation sites is 1. The van der Waals surface area contributed by atoms with Gasteiger partial charge in [0.2, 0.25) is 0 Å². The number of aromatic nitrogens is 3. The molecule has 0 radical (unpaired) electrons. The Morgan fingerprint density at radius 3 is 1.60 bits per heavy atom. The van der Waals surface area contributed by atoms with Crippen LogP contribution in [0.25, 0.3) is 144 Å². The van der Waals surface area contributed by atoms with Crippen molar-refractivity contribution >= 4 is 76.2 Å². The number of hydrogen-bond acceptors (Lipinski definition) is 5. The van der Waals surface area contributed by atoms with E-state index in [1.54, 1.807) is 0 Å². The Morgan fingerprint density at radius 1 is 0.250 bits per heavy atom. The zero-order valence-corrected chi connectivity index (χ0v) is 36.5. The van der Waals surface area contributed by atoms with Gasteiger partial charge in [-0.1, -0.05) is 188 Å². The van der Waals surface area contributed by atoms with Crippen molar-refractivity contribution in [3.8, 4) is 67.5 Å². The molecule has 11 aromatic carbocycles. The standard InChI is InChI=1S/C63H37N3O2/c1-2-11-38(12-3-1)43-27-28-45-36-46(30-29-44(45)35-43)47-32-34-54-57(37-47)67-56-22-10-21-55(58(54)56)63-65-61(64-62(66-63)53-20-8-15-39-13-4-6-16-48(39)53)42-25-23-41(24-26-42)50-18-9-19-51-52-33-31-40-14-5-7-17-49(40)60(52)68-59(50)51/h1-37H. The highest BCUT2D eigenvalue weighted by atomic mass is 16.3. The Morgan fingerprint density at radius 2 is 0.779 bits per heavy atom. The highest BCUT2D eigenvalue weighted by Gasteiger charge is 2.20. The topological polar surface area (TPSA) is 65.0 Å². The second-order valence-electron chi connectivity index (χ2n) is 17.5. The van der Waals surface area contributed by atoms with E-state index >= 15 is 0 Å². The lowest BCUT2D eigenvalue weighted by atomic mass is 9.97. The first-order valence-electron chi connectivity index (χ1n) is 22.9. The summed E-state index contributed by atoms with van der Waals surface area (Å²) in [5.41, 5.74) is 12.7. The van der Waals surface area contributed by atoms with E-state index in [4.69, 9.17) is 23.8 Å². The molecule has 0 spiro atoms. The normalized spacial score (nSPS) is 11.8. The molecule has 0 N–H and O–H groups in total. The molecular formula is C63H37N3O2. The number of furan rings is 2. The van der Waals surface area contributed by atoms with E-state index < -0.39 is 0 Å². The van der Waals surface area contributed by atoms with Gasteiger partial charge in [0.25, 0.3) is 0 Å². The molecule has 0 aliphatic rings. The molecule has 0 atom stereocenters. The lowest BCUT2D eigenvalue weighted by Gasteiger charge is -2.11. The Kier molecular flexibility index (Phi) is 8.52. The Balaban J connectivity index is 0.878. The van der Waals surface area contributed by atoms with E-state index in [9.17, 15) is 0 Å². The number of fused-ring (bicyclic) bond motifs is 10. The molecule has 5 heteroatoms. The summed E-state index contributed by atoms with van der Waals surface area (Å²) in [6.45, 7) is 0. The molecule has 14 aromatic rings. The quantitative estimate of drug-likeness (QED) is 0.167. The average Bonchev–Trinajstić information content (AvgIpc) is 3.99. The molecule has 5 nitrogen and oxygen atoms in total. The van der Waals surface area contributed by atoms with Crippen LogP contribution in [0.4, 0.5) is 0 Å². The van der Waals surface area contributed by atoms with Gasteiger partial charge in [-0.05, 0) is 91.1 Å². The first kappa shape index (κ1) is 38.1. The number of benzene rings is 11. The first-order chi connectivity index (χ1) is 33.7. The van der Waals surface area contributed by atoms with Gasteiger partial charge >= 0.3 is 0 Å². The maximum atomic E-state index is 6.71. The van der Waals surface area contributed by atoms with Crippen LogP contribution in [-0.2, 0) is 0 Å². The van der Waals surface area contributed by atoms with Gasteiger partial charge in [-0.2, -0.15) is 0 Å². The maximum absolute atomic E-state index is 6.71. The minimum Gasteiger partial charge on any atom is -0.456 e. The third-order valence-corrected chi connectivity index (χ3v) is 13.5. The fourth-order valence-corrected chi connectivity index (χ4v) is 10.1. The molecule has 0 unspecified atom stereocenters. The fraction of sp³-hybridized carbons (Fsp3) is 0. The zero-order valence-electron chi connectivity index (χ0n) is 36.5. The van der Waals surface area contributed by atoms with Crippen LogP contribution < -0.4 is 0 Å². The van der Waals surface area contributed by atoms with Crippen LogP contribution in [0.2, 0.25) is 0 Å². The average molecular weight is 868 g/mol. The van der Waals surface area contributed by atoms with Crippen LogP contribution in [0.3, 0.4) is 0 Å². The maximum Gasteiger partial charge on any atom is 0.164 e. The summed E-state index contributed by atoms with van der Waals surface area (Å²) in [7, 11) is 0. The van der Waals surface area contributed by atoms with Crippen molar-refractivity contribution < 1.29 is 8.83 Å². The van der Waals surface area contributed by atoms with Gasteiger partial charge in [-0.25, -0.2) is 15.0 Å². The van der Waals surface area contributed by atoms with Crippen LogP contribution in [0.15, 0.2) is 233 Å². The van der Waals surface area contributed by atoms with Gasteiger partial charge in [0.05, 0.1) is 0 Å². The van der Waals surface area contributed by atoms with Crippen LogP contribution >= 0.6 is 0 Å². The minimum absolute atomic E-state index is 0.572. The molecule has 0 amide bonds. The monoisotopic (exact) mass is 867 g/mol. The molecule has 14 rings (SSSR count). The summed E-state index contributed by atoms with van der Waals surface area (Å²) in [4.78, 5) is 15.7. The lowest BCUT2D eigenvalue weighted by Crippen LogP contribution is -2.01. The van der Waals surface area contributed by atoms with Crippen molar-refractivity contribution in [3.05, 3.63) is 224 Å². The summed E-state index contributed by atoms with van der Waals surface area (Å²) >= 11 is 0. The minimum atomic E-state index is 0.572. The molecule has 0 saturated heterocycles. The number of nitrogens with zero attached hydrogens (tertiary/aromatic N) is 3. The Bertz CT molecular complexity index is 4310. The summed E-state index contributed by atoms with van der Waals surface area (Å²) in [6.07, 6.45) is 0. The van der Waals surface area contributed by atoms with Crippen LogP contribution in [-0.4, -0.2) is 15.0 Å². The zero-order chi connectivity index (χ0) is 44.7. The summed E-state index contributed by atoms with van der Waals surface area (Å²) < 4.78 is 13.4. The van der Waals surface area contributed by atoms with Crippen molar-refractivity contribution in [1.82, 2.24) is 15.0 Å². The predicted molar refractivity (Wildman–Crippen MR) is 280 cm³/mol. The SMILES string of the molecule is c1ccc(-c2ccc3cc(-c4ccc5c(c4)oc4cccc(-c6nc(-c7ccc(-c8cccc9c8oc8c%10ccccc%10ccc98)cc7)nc(-c7cccc8ccccc78)n6)c45)ccc3c2)cc1. The van der Waals surface area contributed by atoms with Gasteiger partial charge in [-0.15, -0.1) is 0 Å². The van der Waals surface area contributed by atoms with Crippen LogP contribution in [0.5, 0.6) is 0 Å². The summed E-state index contributed by atoms with van der Waals surface area (Å²) in [5.74, 6) is 1.75. The van der Waals surface area contributed by atoms with E-state index in [1.807, 2.05) is 12.1 Å². The second-order valence-corrected chi connectivity index (χ2v) is 17.5. The lowest BCUT2D eigenvalue weighted by molar-refractivity contribution is 0.669. The van der Waals surface area contributed by atoms with E-state index in [-0.39, 0.29) is 0 Å². The van der Waals surface area contributed by atoms with Crippen LogP contribution in [0, 0.1) is 0 Å². The summed E-state index contributed by atoms with van der Waals surface area (Å²) in [6, 6.07) is 78.7. The van der Waals surface area contributed by atoms with E-state index in [1.165, 1.54) is 21.9 Å². The Hall–Kier alpha value is -9.19. The van der Waals surface area contributed by atoms with Gasteiger partial charge in [0, 0.05) is 49.2 Å². The van der Waals surface area contributed by atoms with E-state index in [0.29, 0.717) is 17.5 Å². The Labute approximate surface area is 390 Å². The van der Waals surface area contributed by atoms with Gasteiger partial charge in [-0.3, -0.25) is 0 Å². The molecule has 0 saturated carbocycles. The van der Waals surface area contributed by atoms with Gasteiger partial charge < -0.3 is 8.83 Å². The second kappa shape index (κ2) is 15.2. The molecule has 3 heterocycles. The predicted octanol–water partition coefficient (Wildman–Crippen LogP) is 17.1. The van der Waals surface area contributed by atoms with Gasteiger partial charge in [0.15, 0.2) is 17.5 Å². The third kappa shape index (κ3) is 6.21. The van der Waals surface area contributed by atoms with Crippen LogP contribution in [0.1, 0.15) is 0 Å². The molecular weight excluding hydrogens is 831 g/mol. The molecule has 0 fully saturated rings. The van der Waals surface area contributed by atoms with Crippen molar-refractivity contribution in [3.63, 3.8) is 0 Å². The molecule has 0 bridgehead atoms. The van der Waals surface area contributed by atoms with Crippen molar-refractivity contribution in [2.24, 2.45) is 0 Å². The molecule has 68 heavy (non-hydrogen) atoms. The fourth-order valence-electron chi connectivity index (χ4n) is 10.1. The third-order valence-electron chi connectivity index (χ3n) is 13.5. The van der Waals surface area contributed by atoms with Crippen molar-refractivity contribution in [1.29, 1.82) is 0 Å². The highest BCUT2D eigenvalue weighted by molar-refractivity contribution is 6.17. The number of hydrogen-bond donors (Lipinski definition) is 0. The number of rotatable bonds is 6. The van der Waals surface area contributed by atoms with E-state index in [2.05, 4.69) is 212 Å². The van der Waals surface area contributed by atoms with E-state index in [0.717, 1.165) is 104 Å². The largest absolute Gasteiger partial charge is 0.456 e. The molecule has 0 aliphatic heterocycles. The van der Waals surface area contributed by atoms with Crippen molar-refractivity contribution in [2.75, 3.05) is 0 Å². The first-order valence-corrected chi connectivity index (χ1v) is 22.9. The summed E-state index contributed by atoms with van der Waals surface area (Å²) in [5, 5.41) is 11.0. The molecule has 3 aromatic heterocycles. The highest BCUT2D eigenvalue weighted by Crippen LogP contribution is 2.41. The molecule has 316 valence electrons. The smallest absolute Gasteiger partial charge is 0.164 e.